The Balaban J connectivity index is 1.06. The van der Waals surface area contributed by atoms with Gasteiger partial charge in [-0.3, -0.25) is 0 Å². The Labute approximate surface area is 294 Å². The molecule has 276 valence electrons. The summed E-state index contributed by atoms with van der Waals surface area (Å²) >= 11 is 0. The summed E-state index contributed by atoms with van der Waals surface area (Å²) in [6.45, 7) is 6.26. The Kier molecular flexibility index (Phi) is 11.6. The normalized spacial score (nSPS) is 25.0. The van der Waals surface area contributed by atoms with Crippen LogP contribution in [0.15, 0.2) is 24.8 Å². The predicted octanol–water partition coefficient (Wildman–Crippen LogP) is 2.81. The molecule has 1 N–H and O–H groups in total. The number of aromatic nitrogens is 4. The minimum atomic E-state index is -3.76. The van der Waals surface area contributed by atoms with Crippen LogP contribution in [0.25, 0.3) is 0 Å². The molecule has 13 nitrogen and oxygen atoms in total. The maximum atomic E-state index is 13.0. The highest BCUT2D eigenvalue weighted by Crippen LogP contribution is 2.42. The van der Waals surface area contributed by atoms with Crippen LogP contribution < -0.4 is 5.32 Å². The van der Waals surface area contributed by atoms with Gasteiger partial charge in [0.1, 0.15) is 11.6 Å². The molecule has 49 heavy (non-hydrogen) atoms. The van der Waals surface area contributed by atoms with Gasteiger partial charge in [-0.25, -0.2) is 17.9 Å². The molecule has 0 atom stereocenters. The third kappa shape index (κ3) is 8.44. The fourth-order valence-corrected chi connectivity index (χ4v) is 10.8. The number of nitrogens with zero attached hydrogens (tertiary/aromatic N) is 8. The molecule has 6 rings (SSSR count). The van der Waals surface area contributed by atoms with Gasteiger partial charge in [-0.2, -0.15) is 25.4 Å². The summed E-state index contributed by atoms with van der Waals surface area (Å²) < 4.78 is 56.9. The summed E-state index contributed by atoms with van der Waals surface area (Å²) in [6, 6.07) is 0.821. The van der Waals surface area contributed by atoms with Gasteiger partial charge < -0.3 is 15.1 Å². The van der Waals surface area contributed by atoms with E-state index in [4.69, 9.17) is 0 Å². The van der Waals surface area contributed by atoms with E-state index in [0.29, 0.717) is 35.8 Å². The van der Waals surface area contributed by atoms with Crippen molar-refractivity contribution in [3.05, 3.63) is 36.4 Å². The van der Waals surface area contributed by atoms with Gasteiger partial charge in [-0.05, 0) is 88.8 Å². The van der Waals surface area contributed by atoms with Gasteiger partial charge in [0.15, 0.2) is 0 Å². The zero-order chi connectivity index (χ0) is 34.8. The number of hydrogen-bond donors (Lipinski definition) is 1. The molecule has 0 unspecified atom stereocenters. The molecule has 2 aliphatic heterocycles. The molecule has 0 bridgehead atoms. The number of imidazole rings is 2. The second kappa shape index (κ2) is 15.4. The molecule has 2 saturated carbocycles. The van der Waals surface area contributed by atoms with Crippen molar-refractivity contribution in [1.82, 2.24) is 41.6 Å². The molecule has 2 aliphatic carbocycles. The molecule has 0 aromatic carbocycles. The minimum absolute atomic E-state index is 0.248. The van der Waals surface area contributed by atoms with Gasteiger partial charge in [-0.15, -0.1) is 0 Å². The number of likely N-dealkylation sites (tertiary alicyclic amines) is 2. The number of rotatable bonds is 13. The number of piperidine rings is 1. The lowest BCUT2D eigenvalue weighted by Gasteiger charge is -2.44. The van der Waals surface area contributed by atoms with Crippen LogP contribution >= 0.6 is 0 Å². The highest BCUT2D eigenvalue weighted by atomic mass is 32.2. The molecule has 2 aromatic heterocycles. The zero-order valence-corrected chi connectivity index (χ0v) is 31.7. The standard InChI is InChI=1S/C34H59N9O4S2/c1-38(2)48(44,45)42-22-17-35-32(42)24-30(25-33-36-18-23-43(33)49(46,47)39(3)4)37-29-12-10-28(11-13-29)26-40-19-14-34(27-40)15-20-41(21-16-34)31-8-6-5-7-9-31/h17-18,22-23,28-31,37H,5-16,19-21,24-27H2,1-4H3. The van der Waals surface area contributed by atoms with E-state index in [9.17, 15) is 16.8 Å². The first-order valence-electron chi connectivity index (χ1n) is 18.5. The van der Waals surface area contributed by atoms with Crippen molar-refractivity contribution in [3.63, 3.8) is 0 Å². The number of nitrogens with one attached hydrogen (secondary N) is 1. The van der Waals surface area contributed by atoms with E-state index in [0.717, 1.165) is 31.7 Å². The van der Waals surface area contributed by atoms with Crippen LogP contribution in [0.5, 0.6) is 0 Å². The monoisotopic (exact) mass is 721 g/mol. The smallest absolute Gasteiger partial charge is 0.308 e. The third-order valence-corrected chi connectivity index (χ3v) is 15.4. The Morgan fingerprint density at radius 1 is 0.776 bits per heavy atom. The second-order valence-corrected chi connectivity index (χ2v) is 19.7. The molecular weight excluding hydrogens is 663 g/mol. The third-order valence-electron chi connectivity index (χ3n) is 11.9. The maximum Gasteiger partial charge on any atom is 0.308 e. The Morgan fingerprint density at radius 2 is 1.31 bits per heavy atom. The van der Waals surface area contributed by atoms with Crippen LogP contribution in [0.4, 0.5) is 0 Å². The van der Waals surface area contributed by atoms with Gasteiger partial charge in [-0.1, -0.05) is 19.3 Å². The zero-order valence-electron chi connectivity index (χ0n) is 30.1. The van der Waals surface area contributed by atoms with Gasteiger partial charge in [0.25, 0.3) is 0 Å². The van der Waals surface area contributed by atoms with Crippen molar-refractivity contribution in [3.8, 4) is 0 Å². The summed E-state index contributed by atoms with van der Waals surface area (Å²) in [6.07, 6.45) is 22.0. The van der Waals surface area contributed by atoms with Gasteiger partial charge >= 0.3 is 20.4 Å². The quantitative estimate of drug-likeness (QED) is 0.332. The predicted molar refractivity (Wildman–Crippen MR) is 192 cm³/mol. The maximum absolute atomic E-state index is 13.0. The van der Waals surface area contributed by atoms with E-state index < -0.39 is 20.4 Å². The van der Waals surface area contributed by atoms with Gasteiger partial charge in [0, 0.05) is 97.0 Å². The van der Waals surface area contributed by atoms with Crippen LogP contribution in [-0.4, -0.2) is 132 Å². The lowest BCUT2D eigenvalue weighted by Crippen LogP contribution is -2.47. The van der Waals surface area contributed by atoms with Gasteiger partial charge in [0.05, 0.1) is 0 Å². The Morgan fingerprint density at radius 3 is 1.84 bits per heavy atom. The second-order valence-electron chi connectivity index (χ2n) is 15.7. The molecule has 15 heteroatoms. The number of hydrogen-bond acceptors (Lipinski definition) is 9. The molecule has 4 aliphatic rings. The van der Waals surface area contributed by atoms with Crippen LogP contribution in [-0.2, 0) is 33.3 Å². The fourth-order valence-electron chi connectivity index (χ4n) is 8.95. The molecular formula is C34H59N9O4S2. The molecule has 4 fully saturated rings. The first-order valence-corrected chi connectivity index (χ1v) is 21.3. The van der Waals surface area contributed by atoms with Crippen molar-refractivity contribution in [2.45, 2.75) is 108 Å². The van der Waals surface area contributed by atoms with E-state index >= 15 is 0 Å². The average Bonchev–Trinajstić information content (AvgIpc) is 3.84. The summed E-state index contributed by atoms with van der Waals surface area (Å²) in [4.78, 5) is 14.4. The Hall–Kier alpha value is -1.88. The fraction of sp³-hybridized carbons (Fsp3) is 0.824. The van der Waals surface area contributed by atoms with E-state index in [1.165, 1.54) is 154 Å². The lowest BCUT2D eigenvalue weighted by molar-refractivity contribution is 0.0602. The van der Waals surface area contributed by atoms with Crippen LogP contribution in [0.3, 0.4) is 0 Å². The summed E-state index contributed by atoms with van der Waals surface area (Å²) in [5.41, 5.74) is 0.522. The van der Waals surface area contributed by atoms with Crippen molar-refractivity contribution < 1.29 is 16.8 Å². The first-order chi connectivity index (χ1) is 23.4. The Bertz CT molecular complexity index is 1510. The first kappa shape index (κ1) is 36.9. The van der Waals surface area contributed by atoms with Crippen molar-refractivity contribution in [2.75, 3.05) is 60.9 Å². The van der Waals surface area contributed by atoms with Crippen molar-refractivity contribution >= 4 is 20.4 Å². The highest BCUT2D eigenvalue weighted by molar-refractivity contribution is 7.87. The molecule has 0 amide bonds. The van der Waals surface area contributed by atoms with Crippen molar-refractivity contribution in [2.24, 2.45) is 11.3 Å². The average molecular weight is 722 g/mol. The van der Waals surface area contributed by atoms with E-state index in [2.05, 4.69) is 25.1 Å². The lowest BCUT2D eigenvalue weighted by atomic mass is 9.77. The summed E-state index contributed by atoms with van der Waals surface area (Å²) in [5.74, 6) is 1.49. The topological polar surface area (TPSA) is 129 Å². The van der Waals surface area contributed by atoms with E-state index in [1.54, 1.807) is 0 Å². The molecule has 0 radical (unpaired) electrons. The van der Waals surface area contributed by atoms with E-state index in [-0.39, 0.29) is 12.1 Å². The van der Waals surface area contributed by atoms with Crippen LogP contribution in [0, 0.1) is 11.3 Å². The largest absolute Gasteiger partial charge is 0.310 e. The summed E-state index contributed by atoms with van der Waals surface area (Å²) in [7, 11) is -1.52. The molecule has 2 aromatic rings. The van der Waals surface area contributed by atoms with Gasteiger partial charge in [0.2, 0.25) is 0 Å². The molecule has 4 heterocycles. The van der Waals surface area contributed by atoms with E-state index in [1.807, 2.05) is 0 Å². The van der Waals surface area contributed by atoms with Crippen LogP contribution in [0.2, 0.25) is 0 Å². The highest BCUT2D eigenvalue weighted by Gasteiger charge is 2.42. The van der Waals surface area contributed by atoms with Crippen LogP contribution in [0.1, 0.15) is 88.7 Å². The van der Waals surface area contributed by atoms with Crippen molar-refractivity contribution in [1.29, 1.82) is 0 Å². The molecule has 2 saturated heterocycles. The summed E-state index contributed by atoms with van der Waals surface area (Å²) in [5, 5.41) is 3.80. The minimum Gasteiger partial charge on any atom is -0.310 e. The SMILES string of the molecule is CN(C)S(=O)(=O)n1ccnc1CC(Cc1nccn1S(=O)(=O)N(C)C)NC1CCC(CN2CCC3(CCN(C4CCCCC4)CC3)C2)CC1. The molecule has 1 spiro atoms.